The first-order valence-electron chi connectivity index (χ1n) is 5.12. The molecule has 0 spiro atoms. The largest absolute Gasteiger partial charge is 0.506 e. The van der Waals surface area contributed by atoms with E-state index in [1.54, 1.807) is 0 Å². The van der Waals surface area contributed by atoms with Gasteiger partial charge in [0.05, 0.1) is 4.47 Å². The van der Waals surface area contributed by atoms with Gasteiger partial charge in [-0.25, -0.2) is 0 Å². The molecule has 0 amide bonds. The van der Waals surface area contributed by atoms with Crippen LogP contribution in [0.3, 0.4) is 0 Å². The van der Waals surface area contributed by atoms with Crippen molar-refractivity contribution in [1.82, 2.24) is 0 Å². The minimum absolute atomic E-state index is 0.302. The van der Waals surface area contributed by atoms with E-state index in [2.05, 4.69) is 22.9 Å². The van der Waals surface area contributed by atoms with E-state index in [0.29, 0.717) is 12.2 Å². The lowest BCUT2D eigenvalue weighted by molar-refractivity contribution is 0.447. The molecule has 0 saturated heterocycles. The molecule has 15 heavy (non-hydrogen) atoms. The second kappa shape index (κ2) is 4.54. The van der Waals surface area contributed by atoms with E-state index in [-0.39, 0.29) is 5.54 Å². The van der Waals surface area contributed by atoms with Crippen LogP contribution in [0.2, 0.25) is 0 Å². The van der Waals surface area contributed by atoms with Crippen molar-refractivity contribution in [3.05, 3.63) is 27.7 Å². The van der Waals surface area contributed by atoms with Gasteiger partial charge in [-0.3, -0.25) is 0 Å². The van der Waals surface area contributed by atoms with Gasteiger partial charge in [0.25, 0.3) is 0 Å². The van der Waals surface area contributed by atoms with Crippen LogP contribution >= 0.6 is 15.9 Å². The van der Waals surface area contributed by atoms with E-state index >= 15 is 0 Å². The first-order chi connectivity index (χ1) is 6.83. The molecule has 0 aliphatic heterocycles. The number of aromatic hydroxyl groups is 1. The van der Waals surface area contributed by atoms with Gasteiger partial charge in [-0.1, -0.05) is 13.0 Å². The van der Waals surface area contributed by atoms with Gasteiger partial charge in [-0.2, -0.15) is 0 Å². The molecule has 0 fully saturated rings. The van der Waals surface area contributed by atoms with Crippen LogP contribution in [0.25, 0.3) is 0 Å². The number of nitrogens with two attached hydrogens (primary N) is 1. The van der Waals surface area contributed by atoms with Crippen molar-refractivity contribution in [1.29, 1.82) is 0 Å². The number of phenols is 1. The van der Waals surface area contributed by atoms with E-state index in [0.717, 1.165) is 16.5 Å². The zero-order valence-corrected chi connectivity index (χ0v) is 11.1. The monoisotopic (exact) mass is 271 g/mol. The van der Waals surface area contributed by atoms with Gasteiger partial charge < -0.3 is 10.8 Å². The molecule has 0 bridgehead atoms. The Labute approximate surface area is 99.6 Å². The SMILES string of the molecule is CCc1cc(Br)c(O)c(CC(C)(C)N)c1. The van der Waals surface area contributed by atoms with Crippen molar-refractivity contribution in [2.45, 2.75) is 39.2 Å². The summed E-state index contributed by atoms with van der Waals surface area (Å²) in [5, 5.41) is 9.88. The third kappa shape index (κ3) is 3.50. The van der Waals surface area contributed by atoms with Gasteiger partial charge in [0.2, 0.25) is 0 Å². The summed E-state index contributed by atoms with van der Waals surface area (Å²) in [6.45, 7) is 6.01. The molecule has 1 rings (SSSR count). The standard InChI is InChI=1S/C12H18BrNO/c1-4-8-5-9(7-12(2,3)14)11(15)10(13)6-8/h5-6,15H,4,7,14H2,1-3H3. The fraction of sp³-hybridized carbons (Fsp3) is 0.500. The molecule has 0 atom stereocenters. The average molecular weight is 272 g/mol. The topological polar surface area (TPSA) is 46.2 Å². The Balaban J connectivity index is 3.11. The van der Waals surface area contributed by atoms with Crippen LogP contribution in [-0.4, -0.2) is 10.6 Å². The highest BCUT2D eigenvalue weighted by Crippen LogP contribution is 2.31. The summed E-state index contributed by atoms with van der Waals surface area (Å²) in [5.74, 6) is 0.311. The fourth-order valence-corrected chi connectivity index (χ4v) is 2.10. The van der Waals surface area contributed by atoms with Crippen molar-refractivity contribution in [2.24, 2.45) is 5.73 Å². The lowest BCUT2D eigenvalue weighted by Gasteiger charge is -2.20. The summed E-state index contributed by atoms with van der Waals surface area (Å²) < 4.78 is 0.751. The molecule has 0 aliphatic carbocycles. The molecule has 3 N–H and O–H groups in total. The third-order valence-electron chi connectivity index (χ3n) is 2.26. The normalized spacial score (nSPS) is 11.8. The van der Waals surface area contributed by atoms with Gasteiger partial charge in [0.1, 0.15) is 5.75 Å². The highest BCUT2D eigenvalue weighted by molar-refractivity contribution is 9.10. The number of phenolic OH excluding ortho intramolecular Hbond substituents is 1. The molecule has 0 saturated carbocycles. The quantitative estimate of drug-likeness (QED) is 0.888. The van der Waals surface area contributed by atoms with E-state index in [1.807, 2.05) is 26.0 Å². The first-order valence-corrected chi connectivity index (χ1v) is 5.92. The number of hydrogen-bond donors (Lipinski definition) is 2. The van der Waals surface area contributed by atoms with Crippen molar-refractivity contribution in [3.63, 3.8) is 0 Å². The Kier molecular flexibility index (Phi) is 3.79. The average Bonchev–Trinajstić information content (AvgIpc) is 2.10. The van der Waals surface area contributed by atoms with E-state index in [9.17, 15) is 5.11 Å². The van der Waals surface area contributed by atoms with Gasteiger partial charge >= 0.3 is 0 Å². The van der Waals surface area contributed by atoms with E-state index in [1.165, 1.54) is 5.56 Å². The van der Waals surface area contributed by atoms with Gasteiger partial charge in [-0.05, 0) is 59.8 Å². The van der Waals surface area contributed by atoms with Crippen LogP contribution in [0.4, 0.5) is 0 Å². The lowest BCUT2D eigenvalue weighted by atomic mass is 9.94. The molecular formula is C12H18BrNO. The Morgan fingerprint density at radius 2 is 2.00 bits per heavy atom. The summed E-state index contributed by atoms with van der Waals surface area (Å²) >= 11 is 3.35. The molecule has 0 aliphatic rings. The summed E-state index contributed by atoms with van der Waals surface area (Å²) in [6, 6.07) is 3.97. The molecule has 2 nitrogen and oxygen atoms in total. The van der Waals surface area contributed by atoms with Crippen molar-refractivity contribution in [2.75, 3.05) is 0 Å². The molecular weight excluding hydrogens is 254 g/mol. The summed E-state index contributed by atoms with van der Waals surface area (Å²) in [5.41, 5.74) is 7.77. The zero-order valence-electron chi connectivity index (χ0n) is 9.47. The fourth-order valence-electron chi connectivity index (χ4n) is 1.55. The number of rotatable bonds is 3. The first kappa shape index (κ1) is 12.5. The van der Waals surface area contributed by atoms with E-state index in [4.69, 9.17) is 5.73 Å². The molecule has 84 valence electrons. The minimum Gasteiger partial charge on any atom is -0.506 e. The molecule has 0 radical (unpaired) electrons. The van der Waals surface area contributed by atoms with E-state index < -0.39 is 0 Å². The maximum absolute atomic E-state index is 9.88. The zero-order chi connectivity index (χ0) is 11.6. The summed E-state index contributed by atoms with van der Waals surface area (Å²) in [4.78, 5) is 0. The van der Waals surface area contributed by atoms with Crippen LogP contribution in [0, 0.1) is 0 Å². The highest BCUT2D eigenvalue weighted by Gasteiger charge is 2.16. The third-order valence-corrected chi connectivity index (χ3v) is 2.86. The highest BCUT2D eigenvalue weighted by atomic mass is 79.9. The molecule has 1 aromatic carbocycles. The van der Waals surface area contributed by atoms with Crippen LogP contribution in [-0.2, 0) is 12.8 Å². The smallest absolute Gasteiger partial charge is 0.133 e. The molecule has 0 unspecified atom stereocenters. The van der Waals surface area contributed by atoms with Crippen molar-refractivity contribution < 1.29 is 5.11 Å². The number of hydrogen-bond acceptors (Lipinski definition) is 2. The second-order valence-corrected chi connectivity index (χ2v) is 5.46. The summed E-state index contributed by atoms with van der Waals surface area (Å²) in [6.07, 6.45) is 1.63. The van der Waals surface area contributed by atoms with Crippen LogP contribution < -0.4 is 5.73 Å². The van der Waals surface area contributed by atoms with Gasteiger partial charge in [-0.15, -0.1) is 0 Å². The summed E-state index contributed by atoms with van der Waals surface area (Å²) in [7, 11) is 0. The lowest BCUT2D eigenvalue weighted by Crippen LogP contribution is -2.34. The Morgan fingerprint density at radius 1 is 1.40 bits per heavy atom. The van der Waals surface area contributed by atoms with Crippen molar-refractivity contribution >= 4 is 15.9 Å². The molecule has 0 aromatic heterocycles. The van der Waals surface area contributed by atoms with Gasteiger partial charge in [0, 0.05) is 5.54 Å². The number of halogens is 1. The Morgan fingerprint density at radius 3 is 2.47 bits per heavy atom. The predicted octanol–water partition coefficient (Wildman–Crippen LogP) is 3.00. The minimum atomic E-state index is -0.302. The molecule has 3 heteroatoms. The van der Waals surface area contributed by atoms with Crippen LogP contribution in [0.1, 0.15) is 31.9 Å². The Hall–Kier alpha value is -0.540. The van der Waals surface area contributed by atoms with Gasteiger partial charge in [0.15, 0.2) is 0 Å². The maximum Gasteiger partial charge on any atom is 0.133 e. The van der Waals surface area contributed by atoms with Crippen molar-refractivity contribution in [3.8, 4) is 5.75 Å². The van der Waals surface area contributed by atoms with Crippen LogP contribution in [0.15, 0.2) is 16.6 Å². The number of aryl methyl sites for hydroxylation is 1. The second-order valence-electron chi connectivity index (χ2n) is 4.60. The maximum atomic E-state index is 9.88. The predicted molar refractivity (Wildman–Crippen MR) is 67.2 cm³/mol. The molecule has 1 aromatic rings. The van der Waals surface area contributed by atoms with Crippen LogP contribution in [0.5, 0.6) is 5.75 Å². The Bertz CT molecular complexity index is 355. The number of benzene rings is 1. The molecule has 0 heterocycles.